The Kier molecular flexibility index (Phi) is 5.90. The number of thiophene rings is 1. The molecule has 0 aliphatic carbocycles. The second kappa shape index (κ2) is 8.77. The van der Waals surface area contributed by atoms with E-state index in [2.05, 4.69) is 5.32 Å². The molecule has 1 N–H and O–H groups in total. The highest BCUT2D eigenvalue weighted by molar-refractivity contribution is 7.17. The van der Waals surface area contributed by atoms with E-state index >= 15 is 0 Å². The maximum Gasteiger partial charge on any atom is 0.409 e. The third kappa shape index (κ3) is 4.11. The van der Waals surface area contributed by atoms with Gasteiger partial charge in [0.25, 0.3) is 5.91 Å². The zero-order chi connectivity index (χ0) is 22.0. The number of carbonyl (C=O) groups is 3. The summed E-state index contributed by atoms with van der Waals surface area (Å²) in [6.45, 7) is 2.73. The maximum atomic E-state index is 13.0. The van der Waals surface area contributed by atoms with E-state index in [9.17, 15) is 14.4 Å². The zero-order valence-corrected chi connectivity index (χ0v) is 18.1. The Balaban J connectivity index is 1.66. The lowest BCUT2D eigenvalue weighted by molar-refractivity contribution is 0.0526. The van der Waals surface area contributed by atoms with Gasteiger partial charge in [0.05, 0.1) is 25.8 Å². The van der Waals surface area contributed by atoms with Crippen molar-refractivity contribution < 1.29 is 23.9 Å². The summed E-state index contributed by atoms with van der Waals surface area (Å²) >= 11 is 1.29. The van der Waals surface area contributed by atoms with Gasteiger partial charge in [0.2, 0.25) is 0 Å². The molecule has 0 unspecified atom stereocenters. The van der Waals surface area contributed by atoms with Crippen molar-refractivity contribution in [3.05, 3.63) is 64.0 Å². The normalized spacial score (nSPS) is 12.9. The summed E-state index contributed by atoms with van der Waals surface area (Å²) in [6, 6.07) is 13.3. The second-order valence-electron chi connectivity index (χ2n) is 7.09. The van der Waals surface area contributed by atoms with Crippen molar-refractivity contribution >= 4 is 45.1 Å². The number of fused-ring (bicyclic) bond motifs is 2. The molecular weight excluding hydrogens is 416 g/mol. The van der Waals surface area contributed by atoms with Gasteiger partial charge in [-0.05, 0) is 41.8 Å². The Bertz CT molecular complexity index is 1170. The molecule has 0 saturated heterocycles. The van der Waals surface area contributed by atoms with Crippen molar-refractivity contribution in [3.8, 4) is 0 Å². The molecule has 0 radical (unpaired) electrons. The van der Waals surface area contributed by atoms with Gasteiger partial charge in [-0.3, -0.25) is 4.79 Å². The fourth-order valence-electron chi connectivity index (χ4n) is 3.70. The molecule has 8 heteroatoms. The van der Waals surface area contributed by atoms with Crippen LogP contribution >= 0.6 is 11.3 Å². The van der Waals surface area contributed by atoms with Crippen LogP contribution in [-0.2, 0) is 22.4 Å². The van der Waals surface area contributed by atoms with Crippen LogP contribution in [0.4, 0.5) is 9.80 Å². The number of carbonyl (C=O) groups excluding carboxylic acids is 3. The fourth-order valence-corrected chi connectivity index (χ4v) is 4.95. The summed E-state index contributed by atoms with van der Waals surface area (Å²) in [4.78, 5) is 40.0. The lowest BCUT2D eigenvalue weighted by Gasteiger charge is -2.25. The van der Waals surface area contributed by atoms with Gasteiger partial charge in [-0.2, -0.15) is 0 Å². The summed E-state index contributed by atoms with van der Waals surface area (Å²) in [6.07, 6.45) is 0.0690. The van der Waals surface area contributed by atoms with Crippen molar-refractivity contribution in [2.45, 2.75) is 19.9 Å². The van der Waals surface area contributed by atoms with Crippen molar-refractivity contribution in [1.82, 2.24) is 4.90 Å². The molecule has 2 heterocycles. The number of anilines is 1. The third-order valence-electron chi connectivity index (χ3n) is 5.21. The van der Waals surface area contributed by atoms with Crippen LogP contribution in [0.2, 0.25) is 0 Å². The fraction of sp³-hybridized carbons (Fsp3) is 0.261. The third-order valence-corrected chi connectivity index (χ3v) is 6.34. The van der Waals surface area contributed by atoms with E-state index in [0.29, 0.717) is 35.6 Å². The molecule has 1 aromatic heterocycles. The summed E-state index contributed by atoms with van der Waals surface area (Å²) < 4.78 is 10.1. The lowest BCUT2D eigenvalue weighted by Crippen LogP contribution is -2.35. The maximum absolute atomic E-state index is 13.0. The largest absolute Gasteiger partial charge is 0.462 e. The first kappa shape index (κ1) is 20.9. The molecule has 0 atom stereocenters. The summed E-state index contributed by atoms with van der Waals surface area (Å²) in [5.41, 5.74) is 1.69. The number of nitrogens with one attached hydrogen (secondary N) is 1. The number of benzene rings is 2. The number of nitrogens with zero attached hydrogens (tertiary/aromatic N) is 1. The van der Waals surface area contributed by atoms with E-state index < -0.39 is 12.1 Å². The Morgan fingerprint density at radius 2 is 1.90 bits per heavy atom. The average molecular weight is 439 g/mol. The molecule has 4 rings (SSSR count). The van der Waals surface area contributed by atoms with Crippen LogP contribution in [0.15, 0.2) is 42.5 Å². The van der Waals surface area contributed by atoms with Crippen molar-refractivity contribution in [2.24, 2.45) is 0 Å². The first-order valence-electron chi connectivity index (χ1n) is 9.96. The summed E-state index contributed by atoms with van der Waals surface area (Å²) in [5, 5.41) is 5.33. The molecule has 3 aromatic rings. The number of esters is 1. The number of ether oxygens (including phenoxy) is 2. The molecule has 2 amide bonds. The highest BCUT2D eigenvalue weighted by Gasteiger charge is 2.31. The summed E-state index contributed by atoms with van der Waals surface area (Å²) in [7, 11) is 1.34. The van der Waals surface area contributed by atoms with Gasteiger partial charge in [0.15, 0.2) is 0 Å². The van der Waals surface area contributed by atoms with E-state index in [-0.39, 0.29) is 12.5 Å². The van der Waals surface area contributed by atoms with Gasteiger partial charge in [-0.15, -0.1) is 11.3 Å². The summed E-state index contributed by atoms with van der Waals surface area (Å²) in [5.74, 6) is -0.778. The van der Waals surface area contributed by atoms with Crippen LogP contribution in [0.25, 0.3) is 10.8 Å². The molecule has 7 nitrogen and oxygen atoms in total. The molecule has 1 aliphatic heterocycles. The number of methoxy groups -OCH3 is 1. The monoisotopic (exact) mass is 438 g/mol. The standard InChI is InChI=1S/C23H22N2O5S/c1-3-30-22(27)19-17-10-11-25(23(28)29-2)13-18(17)31-21(19)24-20(26)16-9-8-14-6-4-5-7-15(14)12-16/h4-9,12H,3,10-11,13H2,1-2H3,(H,24,26). The predicted octanol–water partition coefficient (Wildman–Crippen LogP) is 4.45. The van der Waals surface area contributed by atoms with Crippen LogP contribution in [0.5, 0.6) is 0 Å². The average Bonchev–Trinajstić information content (AvgIpc) is 3.15. The topological polar surface area (TPSA) is 84.9 Å². The molecular formula is C23H22N2O5S. The number of amides is 2. The van der Waals surface area contributed by atoms with Crippen molar-refractivity contribution in [1.29, 1.82) is 0 Å². The number of hydrogen-bond acceptors (Lipinski definition) is 6. The van der Waals surface area contributed by atoms with E-state index in [1.165, 1.54) is 18.4 Å². The van der Waals surface area contributed by atoms with Crippen LogP contribution in [-0.4, -0.2) is 43.1 Å². The first-order chi connectivity index (χ1) is 15.0. The smallest absolute Gasteiger partial charge is 0.409 e. The molecule has 0 saturated carbocycles. The van der Waals surface area contributed by atoms with Crippen LogP contribution in [0.3, 0.4) is 0 Å². The van der Waals surface area contributed by atoms with E-state index in [4.69, 9.17) is 9.47 Å². The second-order valence-corrected chi connectivity index (χ2v) is 8.19. The molecule has 160 valence electrons. The Morgan fingerprint density at radius 1 is 1.13 bits per heavy atom. The molecule has 31 heavy (non-hydrogen) atoms. The molecule has 2 aromatic carbocycles. The molecule has 0 fully saturated rings. The van der Waals surface area contributed by atoms with E-state index in [0.717, 1.165) is 21.2 Å². The van der Waals surface area contributed by atoms with Gasteiger partial charge in [0.1, 0.15) is 5.00 Å². The molecule has 1 aliphatic rings. The highest BCUT2D eigenvalue weighted by Crippen LogP contribution is 2.38. The lowest BCUT2D eigenvalue weighted by atomic mass is 10.0. The van der Waals surface area contributed by atoms with Gasteiger partial charge in [0, 0.05) is 17.0 Å². The Morgan fingerprint density at radius 3 is 2.65 bits per heavy atom. The highest BCUT2D eigenvalue weighted by atomic mass is 32.1. The molecule has 0 bridgehead atoms. The zero-order valence-electron chi connectivity index (χ0n) is 17.3. The van der Waals surface area contributed by atoms with Gasteiger partial charge in [-0.25, -0.2) is 9.59 Å². The Labute approximate surface area is 183 Å². The van der Waals surface area contributed by atoms with Crippen LogP contribution < -0.4 is 5.32 Å². The number of hydrogen-bond donors (Lipinski definition) is 1. The van der Waals surface area contributed by atoms with Crippen molar-refractivity contribution in [3.63, 3.8) is 0 Å². The van der Waals surface area contributed by atoms with Gasteiger partial charge in [-0.1, -0.05) is 30.3 Å². The van der Waals surface area contributed by atoms with E-state index in [1.807, 2.05) is 36.4 Å². The minimum absolute atomic E-state index is 0.232. The molecule has 0 spiro atoms. The minimum atomic E-state index is -0.472. The number of rotatable bonds is 4. The Hall–Kier alpha value is -3.39. The quantitative estimate of drug-likeness (QED) is 0.608. The predicted molar refractivity (Wildman–Crippen MR) is 119 cm³/mol. The van der Waals surface area contributed by atoms with Gasteiger partial charge >= 0.3 is 12.1 Å². The minimum Gasteiger partial charge on any atom is -0.462 e. The van der Waals surface area contributed by atoms with E-state index in [1.54, 1.807) is 17.9 Å². The SMILES string of the molecule is CCOC(=O)c1c(NC(=O)c2ccc3ccccc3c2)sc2c1CCN(C(=O)OC)C2. The van der Waals surface area contributed by atoms with Gasteiger partial charge < -0.3 is 19.7 Å². The van der Waals surface area contributed by atoms with Crippen molar-refractivity contribution in [2.75, 3.05) is 25.6 Å². The van der Waals surface area contributed by atoms with Crippen LogP contribution in [0.1, 0.15) is 38.1 Å². The first-order valence-corrected chi connectivity index (χ1v) is 10.8. The van der Waals surface area contributed by atoms with Crippen LogP contribution in [0, 0.1) is 0 Å².